The van der Waals surface area contributed by atoms with Crippen molar-refractivity contribution in [2.45, 2.75) is 13.3 Å². The molecule has 0 N–H and O–H groups in total. The van der Waals surface area contributed by atoms with Crippen LogP contribution in [0.1, 0.15) is 12.6 Å². The van der Waals surface area contributed by atoms with Gasteiger partial charge in [0.05, 0.1) is 12.0 Å². The van der Waals surface area contributed by atoms with Crippen molar-refractivity contribution < 1.29 is 4.79 Å². The fourth-order valence-corrected chi connectivity index (χ4v) is 1.47. The molecule has 0 aromatic carbocycles. The van der Waals surface area contributed by atoms with Crippen molar-refractivity contribution in [1.29, 1.82) is 0 Å². The third-order valence-corrected chi connectivity index (χ3v) is 2.29. The summed E-state index contributed by atoms with van der Waals surface area (Å²) in [6, 6.07) is 0. The summed E-state index contributed by atoms with van der Waals surface area (Å²) in [5, 5.41) is 0. The van der Waals surface area contributed by atoms with E-state index in [0.717, 1.165) is 5.69 Å². The van der Waals surface area contributed by atoms with Crippen molar-refractivity contribution >= 4 is 18.4 Å². The number of carbonyl (C=O) groups excluding carboxylic acids is 1. The van der Waals surface area contributed by atoms with Crippen LogP contribution in [-0.2, 0) is 18.3 Å². The topological polar surface area (TPSA) is 34.9 Å². The van der Waals surface area contributed by atoms with Gasteiger partial charge in [-0.15, -0.1) is 0 Å². The second-order valence-corrected chi connectivity index (χ2v) is 3.58. The number of nitrogens with zero attached hydrogens (tertiary/aromatic N) is 2. The van der Waals surface area contributed by atoms with Gasteiger partial charge in [0.25, 0.3) is 0 Å². The number of Topliss-reactive ketones (excluding diaryl/α,β-unsaturated/α-hetero) is 1. The number of imidazole rings is 1. The molecule has 1 rings (SSSR count). The van der Waals surface area contributed by atoms with Crippen LogP contribution in [0.15, 0.2) is 12.5 Å². The van der Waals surface area contributed by atoms with Gasteiger partial charge < -0.3 is 4.57 Å². The fourth-order valence-electron chi connectivity index (χ4n) is 1.16. The van der Waals surface area contributed by atoms with E-state index in [1.165, 1.54) is 0 Å². The van der Waals surface area contributed by atoms with Crippen LogP contribution >= 0.6 is 12.6 Å². The highest BCUT2D eigenvalue weighted by molar-refractivity contribution is 7.81. The fraction of sp³-hybridized carbons (Fsp3) is 0.556. The first-order valence-corrected chi connectivity index (χ1v) is 4.87. The molecule has 0 saturated carbocycles. The molecule has 1 heterocycles. The molecule has 0 aliphatic heterocycles. The number of hydrogen-bond donors (Lipinski definition) is 1. The summed E-state index contributed by atoms with van der Waals surface area (Å²) >= 11 is 3.95. The average Bonchev–Trinajstić information content (AvgIpc) is 2.49. The Labute approximate surface area is 83.6 Å². The van der Waals surface area contributed by atoms with Gasteiger partial charge in [0, 0.05) is 31.3 Å². The summed E-state index contributed by atoms with van der Waals surface area (Å²) in [7, 11) is 1.92. The number of carbonyl (C=O) groups is 1. The number of thiol groups is 1. The number of aryl methyl sites for hydroxylation is 1. The zero-order valence-electron chi connectivity index (χ0n) is 7.90. The molecule has 0 aliphatic carbocycles. The molecule has 0 bridgehead atoms. The Kier molecular flexibility index (Phi) is 3.54. The number of rotatable bonds is 4. The van der Waals surface area contributed by atoms with Gasteiger partial charge in [0.2, 0.25) is 0 Å². The SMILES string of the molecule is C[C@@H](Cc1cn(C)cn1)C(=O)CS. The van der Waals surface area contributed by atoms with Crippen molar-refractivity contribution in [3.8, 4) is 0 Å². The molecule has 0 aliphatic rings. The minimum Gasteiger partial charge on any atom is -0.340 e. The van der Waals surface area contributed by atoms with E-state index in [9.17, 15) is 4.79 Å². The standard InChI is InChI=1S/C9H14N2OS/c1-7(9(12)5-13)3-8-4-11(2)6-10-8/h4,6-7,13H,3,5H2,1-2H3/t7-/m0/s1. The van der Waals surface area contributed by atoms with Crippen molar-refractivity contribution in [2.75, 3.05) is 5.75 Å². The highest BCUT2D eigenvalue weighted by atomic mass is 32.1. The first-order valence-electron chi connectivity index (χ1n) is 4.24. The summed E-state index contributed by atoms with van der Waals surface area (Å²) < 4.78 is 1.88. The Hall–Kier alpha value is -0.770. The van der Waals surface area contributed by atoms with E-state index in [2.05, 4.69) is 17.6 Å². The first kappa shape index (κ1) is 10.3. The van der Waals surface area contributed by atoms with Crippen LogP contribution in [0, 0.1) is 5.92 Å². The van der Waals surface area contributed by atoms with Gasteiger partial charge >= 0.3 is 0 Å². The number of hydrogen-bond acceptors (Lipinski definition) is 3. The lowest BCUT2D eigenvalue weighted by Gasteiger charge is -2.05. The quantitative estimate of drug-likeness (QED) is 0.735. The van der Waals surface area contributed by atoms with E-state index in [1.54, 1.807) is 6.33 Å². The molecule has 3 nitrogen and oxygen atoms in total. The lowest BCUT2D eigenvalue weighted by atomic mass is 10.0. The predicted molar refractivity (Wildman–Crippen MR) is 54.9 cm³/mol. The lowest BCUT2D eigenvalue weighted by molar-refractivity contribution is -0.119. The molecule has 4 heteroatoms. The minimum atomic E-state index is 0.0207. The Morgan fingerprint density at radius 2 is 2.46 bits per heavy atom. The van der Waals surface area contributed by atoms with Crippen LogP contribution in [0.5, 0.6) is 0 Å². The molecule has 1 aromatic heterocycles. The van der Waals surface area contributed by atoms with Crippen LogP contribution in [-0.4, -0.2) is 21.1 Å². The maximum absolute atomic E-state index is 11.2. The first-order chi connectivity index (χ1) is 6.13. The number of ketones is 1. The van der Waals surface area contributed by atoms with Crippen molar-refractivity contribution in [3.63, 3.8) is 0 Å². The Morgan fingerprint density at radius 1 is 1.77 bits per heavy atom. The highest BCUT2D eigenvalue weighted by Crippen LogP contribution is 2.07. The van der Waals surface area contributed by atoms with E-state index in [1.807, 2.05) is 24.7 Å². The molecule has 72 valence electrons. The highest BCUT2D eigenvalue weighted by Gasteiger charge is 2.12. The largest absolute Gasteiger partial charge is 0.340 e. The van der Waals surface area contributed by atoms with Crippen LogP contribution in [0.2, 0.25) is 0 Å². The molecule has 1 aromatic rings. The van der Waals surface area contributed by atoms with E-state index < -0.39 is 0 Å². The second-order valence-electron chi connectivity index (χ2n) is 3.26. The summed E-state index contributed by atoms with van der Waals surface area (Å²) in [5.74, 6) is 0.509. The number of aromatic nitrogens is 2. The van der Waals surface area contributed by atoms with E-state index in [4.69, 9.17) is 0 Å². The van der Waals surface area contributed by atoms with Gasteiger partial charge in [-0.25, -0.2) is 4.98 Å². The molecule has 0 fully saturated rings. The van der Waals surface area contributed by atoms with Gasteiger partial charge in [0.15, 0.2) is 0 Å². The van der Waals surface area contributed by atoms with E-state index >= 15 is 0 Å². The minimum absolute atomic E-state index is 0.0207. The monoisotopic (exact) mass is 198 g/mol. The summed E-state index contributed by atoms with van der Waals surface area (Å²) in [6.07, 6.45) is 4.38. The molecule has 0 saturated heterocycles. The molecule has 0 spiro atoms. The third-order valence-electron chi connectivity index (χ3n) is 1.98. The Bertz CT molecular complexity index is 296. The van der Waals surface area contributed by atoms with Gasteiger partial charge in [-0.05, 0) is 0 Å². The van der Waals surface area contributed by atoms with Crippen molar-refractivity contribution in [2.24, 2.45) is 13.0 Å². The maximum Gasteiger partial charge on any atom is 0.145 e. The average molecular weight is 198 g/mol. The molecule has 0 radical (unpaired) electrons. The second kappa shape index (κ2) is 4.46. The lowest BCUT2D eigenvalue weighted by Crippen LogP contribution is -2.14. The Morgan fingerprint density at radius 3 is 2.92 bits per heavy atom. The zero-order valence-corrected chi connectivity index (χ0v) is 8.79. The molecular weight excluding hydrogens is 184 g/mol. The van der Waals surface area contributed by atoms with E-state index in [0.29, 0.717) is 12.2 Å². The van der Waals surface area contributed by atoms with E-state index in [-0.39, 0.29) is 11.7 Å². The van der Waals surface area contributed by atoms with Crippen LogP contribution < -0.4 is 0 Å². The molecule has 13 heavy (non-hydrogen) atoms. The van der Waals surface area contributed by atoms with Crippen LogP contribution in [0.4, 0.5) is 0 Å². The molecule has 0 unspecified atom stereocenters. The summed E-state index contributed by atoms with van der Waals surface area (Å²) in [6.45, 7) is 1.91. The molecule has 1 atom stereocenters. The predicted octanol–water partition coefficient (Wildman–Crippen LogP) is 1.10. The normalized spacial score (nSPS) is 12.8. The van der Waals surface area contributed by atoms with Gasteiger partial charge in [-0.1, -0.05) is 6.92 Å². The summed E-state index contributed by atoms with van der Waals surface area (Å²) in [4.78, 5) is 15.4. The maximum atomic E-state index is 11.2. The van der Waals surface area contributed by atoms with Gasteiger partial charge in [-0.2, -0.15) is 12.6 Å². The van der Waals surface area contributed by atoms with Gasteiger partial charge in [-0.3, -0.25) is 4.79 Å². The Balaban J connectivity index is 2.54. The molecule has 0 amide bonds. The summed E-state index contributed by atoms with van der Waals surface area (Å²) in [5.41, 5.74) is 0.963. The molecular formula is C9H14N2OS. The smallest absolute Gasteiger partial charge is 0.145 e. The van der Waals surface area contributed by atoms with Crippen molar-refractivity contribution in [1.82, 2.24) is 9.55 Å². The van der Waals surface area contributed by atoms with Crippen LogP contribution in [0.25, 0.3) is 0 Å². The zero-order chi connectivity index (χ0) is 9.84. The van der Waals surface area contributed by atoms with Crippen molar-refractivity contribution in [3.05, 3.63) is 18.2 Å². The van der Waals surface area contributed by atoms with Gasteiger partial charge in [0.1, 0.15) is 5.78 Å². The van der Waals surface area contributed by atoms with Crippen LogP contribution in [0.3, 0.4) is 0 Å². The third kappa shape index (κ3) is 2.88.